The minimum absolute atomic E-state index is 0.137. The monoisotopic (exact) mass is 442 g/mol. The lowest BCUT2D eigenvalue weighted by Crippen LogP contribution is -2.34. The first-order valence-corrected chi connectivity index (χ1v) is 10.9. The lowest BCUT2D eigenvalue weighted by Gasteiger charge is -2.33. The van der Waals surface area contributed by atoms with Crippen LogP contribution < -0.4 is 0 Å². The van der Waals surface area contributed by atoms with Gasteiger partial charge >= 0.3 is 5.97 Å². The fourth-order valence-electron chi connectivity index (χ4n) is 3.93. The quantitative estimate of drug-likeness (QED) is 0.526. The van der Waals surface area contributed by atoms with Gasteiger partial charge < -0.3 is 20.1 Å². The van der Waals surface area contributed by atoms with Gasteiger partial charge in [0.15, 0.2) is 0 Å². The van der Waals surface area contributed by atoms with Crippen LogP contribution in [0, 0.1) is 5.82 Å². The van der Waals surface area contributed by atoms with E-state index in [1.165, 1.54) is 12.1 Å². The van der Waals surface area contributed by atoms with Gasteiger partial charge in [0, 0.05) is 29.0 Å². The Morgan fingerprint density at radius 2 is 1.87 bits per heavy atom. The Morgan fingerprint density at radius 3 is 2.58 bits per heavy atom. The van der Waals surface area contributed by atoms with Crippen molar-refractivity contribution in [1.82, 2.24) is 0 Å². The number of aliphatic hydroxyl groups is 2. The number of ether oxygens (including phenoxy) is 1. The van der Waals surface area contributed by atoms with Crippen LogP contribution in [0.5, 0.6) is 0 Å². The zero-order chi connectivity index (χ0) is 22.0. The minimum atomic E-state index is -1.06. The summed E-state index contributed by atoms with van der Waals surface area (Å²) in [4.78, 5) is 13.9. The molecule has 0 saturated carbocycles. The van der Waals surface area contributed by atoms with Crippen molar-refractivity contribution in [2.75, 3.05) is 6.61 Å². The van der Waals surface area contributed by atoms with Crippen LogP contribution in [0.2, 0.25) is 0 Å². The first kappa shape index (κ1) is 21.6. The third-order valence-electron chi connectivity index (χ3n) is 5.44. The van der Waals surface area contributed by atoms with Crippen LogP contribution in [0.25, 0.3) is 10.4 Å². The van der Waals surface area contributed by atoms with Gasteiger partial charge in [-0.2, -0.15) is 0 Å². The third kappa shape index (κ3) is 5.02. The summed E-state index contributed by atoms with van der Waals surface area (Å²) in [7, 11) is 0. The van der Waals surface area contributed by atoms with Crippen molar-refractivity contribution in [2.45, 2.75) is 37.6 Å². The topological polar surface area (TPSA) is 87.0 Å². The predicted molar refractivity (Wildman–Crippen MR) is 116 cm³/mol. The van der Waals surface area contributed by atoms with E-state index in [1.54, 1.807) is 35.6 Å². The summed E-state index contributed by atoms with van der Waals surface area (Å²) in [5, 5.41) is 29.2. The molecule has 2 heterocycles. The van der Waals surface area contributed by atoms with Crippen LogP contribution in [0.3, 0.4) is 0 Å². The van der Waals surface area contributed by atoms with Crippen LogP contribution in [0.4, 0.5) is 4.39 Å². The van der Waals surface area contributed by atoms with E-state index in [-0.39, 0.29) is 24.4 Å². The summed E-state index contributed by atoms with van der Waals surface area (Å²) >= 11 is 1.60. The van der Waals surface area contributed by atoms with E-state index in [2.05, 4.69) is 0 Å². The number of benzene rings is 2. The number of hydrogen-bond donors (Lipinski definition) is 3. The highest BCUT2D eigenvalue weighted by molar-refractivity contribution is 7.15. The van der Waals surface area contributed by atoms with E-state index in [0.29, 0.717) is 18.4 Å². The lowest BCUT2D eigenvalue weighted by molar-refractivity contribution is -0.114. The predicted octanol–water partition coefficient (Wildman–Crippen LogP) is 4.42. The number of thiophene rings is 1. The molecule has 0 aliphatic carbocycles. The molecule has 0 bridgehead atoms. The van der Waals surface area contributed by atoms with Crippen molar-refractivity contribution in [3.05, 3.63) is 82.0 Å². The summed E-state index contributed by atoms with van der Waals surface area (Å²) < 4.78 is 19.0. The summed E-state index contributed by atoms with van der Waals surface area (Å²) in [6, 6.07) is 15.5. The number of hydrogen-bond acceptors (Lipinski definition) is 5. The first-order chi connectivity index (χ1) is 14.9. The van der Waals surface area contributed by atoms with Crippen molar-refractivity contribution in [3.63, 3.8) is 0 Å². The van der Waals surface area contributed by atoms with Gasteiger partial charge in [-0.15, -0.1) is 11.3 Å². The Bertz CT molecular complexity index is 1060. The fraction of sp³-hybridized carbons (Fsp3) is 0.292. The van der Waals surface area contributed by atoms with Gasteiger partial charge in [0.25, 0.3) is 0 Å². The molecular formula is C24H23FO5S. The number of rotatable bonds is 6. The highest BCUT2D eigenvalue weighted by atomic mass is 32.1. The Labute approximate surface area is 183 Å². The summed E-state index contributed by atoms with van der Waals surface area (Å²) in [5.74, 6) is -1.33. The molecular weight excluding hydrogens is 419 g/mol. The highest BCUT2D eigenvalue weighted by Crippen LogP contribution is 2.35. The summed E-state index contributed by atoms with van der Waals surface area (Å²) in [5.41, 5.74) is 2.52. The van der Waals surface area contributed by atoms with Gasteiger partial charge in [-0.1, -0.05) is 24.3 Å². The molecule has 1 aromatic heterocycles. The standard InChI is InChI=1S/C24H23FO5S/c25-16-4-2-15(3-5-16)23-8-6-19(31-23)9-14-1-7-20(24(28)29)21(10-14)22-12-17(27)11-18(13-26)30-22/h1-8,10,17-18,22,26-27H,9,11-13H2,(H,28,29)/t17?,18-,22+/m0/s1. The van der Waals surface area contributed by atoms with E-state index in [1.807, 2.05) is 18.2 Å². The van der Waals surface area contributed by atoms with Crippen LogP contribution in [0.15, 0.2) is 54.6 Å². The molecule has 2 aromatic carbocycles. The molecule has 1 aliphatic rings. The molecule has 1 saturated heterocycles. The lowest BCUT2D eigenvalue weighted by atomic mass is 9.91. The number of carboxylic acid groups (broad SMARTS) is 1. The number of halogens is 1. The minimum Gasteiger partial charge on any atom is -0.478 e. The number of carbonyl (C=O) groups is 1. The van der Waals surface area contributed by atoms with E-state index in [9.17, 15) is 24.5 Å². The molecule has 3 atom stereocenters. The maximum atomic E-state index is 13.2. The number of aliphatic hydroxyl groups excluding tert-OH is 2. The maximum absolute atomic E-state index is 13.2. The molecule has 3 N–H and O–H groups in total. The fourth-order valence-corrected chi connectivity index (χ4v) is 4.98. The molecule has 31 heavy (non-hydrogen) atoms. The molecule has 3 aromatic rings. The number of aromatic carboxylic acids is 1. The van der Waals surface area contributed by atoms with Gasteiger partial charge in [-0.3, -0.25) is 0 Å². The normalized spacial score (nSPS) is 21.2. The summed E-state index contributed by atoms with van der Waals surface area (Å²) in [6.07, 6.45) is -0.543. The molecule has 0 amide bonds. The van der Waals surface area contributed by atoms with E-state index in [0.717, 1.165) is 20.9 Å². The molecule has 162 valence electrons. The molecule has 7 heteroatoms. The number of carboxylic acids is 1. The third-order valence-corrected chi connectivity index (χ3v) is 6.58. The maximum Gasteiger partial charge on any atom is 0.336 e. The molecule has 1 unspecified atom stereocenters. The zero-order valence-corrected chi connectivity index (χ0v) is 17.5. The average molecular weight is 443 g/mol. The van der Waals surface area contributed by atoms with Gasteiger partial charge in [0.1, 0.15) is 5.82 Å². The smallest absolute Gasteiger partial charge is 0.336 e. The summed E-state index contributed by atoms with van der Waals surface area (Å²) in [6.45, 7) is -0.225. The highest BCUT2D eigenvalue weighted by Gasteiger charge is 2.31. The van der Waals surface area contributed by atoms with E-state index < -0.39 is 24.3 Å². The first-order valence-electron chi connectivity index (χ1n) is 10.1. The average Bonchev–Trinajstić information content (AvgIpc) is 3.22. The Morgan fingerprint density at radius 1 is 1.10 bits per heavy atom. The van der Waals surface area contributed by atoms with Crippen molar-refractivity contribution in [2.24, 2.45) is 0 Å². The second-order valence-corrected chi connectivity index (χ2v) is 8.90. The second-order valence-electron chi connectivity index (χ2n) is 7.73. The molecule has 1 aliphatic heterocycles. The van der Waals surface area contributed by atoms with Gasteiger partial charge in [-0.25, -0.2) is 9.18 Å². The zero-order valence-electron chi connectivity index (χ0n) is 16.7. The van der Waals surface area contributed by atoms with Crippen LogP contribution in [-0.4, -0.2) is 40.1 Å². The van der Waals surface area contributed by atoms with E-state index >= 15 is 0 Å². The van der Waals surface area contributed by atoms with Crippen molar-refractivity contribution >= 4 is 17.3 Å². The molecule has 5 nitrogen and oxygen atoms in total. The van der Waals surface area contributed by atoms with Gasteiger partial charge in [0.2, 0.25) is 0 Å². The molecule has 4 rings (SSSR count). The van der Waals surface area contributed by atoms with Crippen LogP contribution in [0.1, 0.15) is 45.3 Å². The Kier molecular flexibility index (Phi) is 6.48. The molecule has 1 fully saturated rings. The van der Waals surface area contributed by atoms with Crippen molar-refractivity contribution in [1.29, 1.82) is 0 Å². The Hall–Kier alpha value is -2.58. The SMILES string of the molecule is O=C(O)c1ccc(Cc2ccc(-c3ccc(F)cc3)s2)cc1[C@H]1CC(O)C[C@@H](CO)O1. The van der Waals surface area contributed by atoms with Crippen molar-refractivity contribution < 1.29 is 29.2 Å². The molecule has 0 spiro atoms. The van der Waals surface area contributed by atoms with Crippen LogP contribution >= 0.6 is 11.3 Å². The Balaban J connectivity index is 1.59. The van der Waals surface area contributed by atoms with E-state index in [4.69, 9.17) is 4.74 Å². The van der Waals surface area contributed by atoms with Gasteiger partial charge in [-0.05, 0) is 47.0 Å². The van der Waals surface area contributed by atoms with Crippen molar-refractivity contribution in [3.8, 4) is 10.4 Å². The molecule has 0 radical (unpaired) electrons. The largest absolute Gasteiger partial charge is 0.478 e. The van der Waals surface area contributed by atoms with Crippen LogP contribution in [-0.2, 0) is 11.2 Å². The second kappa shape index (κ2) is 9.28. The van der Waals surface area contributed by atoms with Gasteiger partial charge in [0.05, 0.1) is 30.5 Å².